The van der Waals surface area contributed by atoms with Crippen LogP contribution in [0.4, 0.5) is 0 Å². The zero-order valence-corrected chi connectivity index (χ0v) is 7.55. The van der Waals surface area contributed by atoms with Gasteiger partial charge in [-0.25, -0.2) is 9.78 Å². The van der Waals surface area contributed by atoms with Crippen molar-refractivity contribution >= 4 is 17.3 Å². The molecule has 66 valence electrons. The summed E-state index contributed by atoms with van der Waals surface area (Å²) in [5.41, 5.74) is -1.06. The molecule has 1 aromatic heterocycles. The van der Waals surface area contributed by atoms with Gasteiger partial charge in [-0.2, -0.15) is 0 Å². The molecule has 0 saturated heterocycles. The Labute approximate surface area is 73.5 Å². The van der Waals surface area contributed by atoms with E-state index in [9.17, 15) is 9.90 Å². The molecule has 0 aliphatic carbocycles. The first-order valence-corrected chi connectivity index (χ1v) is 4.15. The van der Waals surface area contributed by atoms with Gasteiger partial charge < -0.3 is 10.2 Å². The lowest BCUT2D eigenvalue weighted by molar-refractivity contribution is 0.0701. The van der Waals surface area contributed by atoms with Gasteiger partial charge in [0.15, 0.2) is 0 Å². The monoisotopic (exact) mass is 187 g/mol. The zero-order valence-electron chi connectivity index (χ0n) is 6.74. The van der Waals surface area contributed by atoms with E-state index in [1.165, 1.54) is 6.20 Å². The molecule has 1 rings (SSSR count). The molecule has 12 heavy (non-hydrogen) atoms. The molecule has 0 aliphatic heterocycles. The average molecular weight is 187 g/mol. The second-order valence-corrected chi connectivity index (χ2v) is 3.92. The molecule has 0 unspecified atom stereocenters. The summed E-state index contributed by atoms with van der Waals surface area (Å²) in [5, 5.41) is 18.4. The first-order chi connectivity index (χ1) is 5.41. The van der Waals surface area contributed by atoms with Crippen molar-refractivity contribution in [3.05, 3.63) is 16.1 Å². The van der Waals surface area contributed by atoms with Gasteiger partial charge in [0.25, 0.3) is 0 Å². The van der Waals surface area contributed by atoms with Gasteiger partial charge in [0.1, 0.15) is 15.5 Å². The van der Waals surface area contributed by atoms with Crippen molar-refractivity contribution < 1.29 is 15.0 Å². The van der Waals surface area contributed by atoms with E-state index in [4.69, 9.17) is 5.11 Å². The lowest BCUT2D eigenvalue weighted by Crippen LogP contribution is -2.14. The summed E-state index contributed by atoms with van der Waals surface area (Å²) < 4.78 is 0. The molecule has 0 amide bonds. The largest absolute Gasteiger partial charge is 0.477 e. The molecule has 4 nitrogen and oxygen atoms in total. The molecule has 0 fully saturated rings. The summed E-state index contributed by atoms with van der Waals surface area (Å²) in [6.07, 6.45) is 1.25. The Balaban J connectivity index is 3.00. The number of carboxylic acid groups (broad SMARTS) is 1. The number of thiazole rings is 1. The standard InChI is InChI=1S/C7H9NO3S/c1-7(2,11)6-8-3-4(12-6)5(9)10/h3,11H,1-2H3,(H,9,10). The van der Waals surface area contributed by atoms with E-state index in [0.29, 0.717) is 5.01 Å². The Morgan fingerprint density at radius 3 is 2.50 bits per heavy atom. The van der Waals surface area contributed by atoms with E-state index in [1.54, 1.807) is 13.8 Å². The number of carboxylic acids is 1. The highest BCUT2D eigenvalue weighted by atomic mass is 32.1. The van der Waals surface area contributed by atoms with E-state index in [2.05, 4.69) is 4.98 Å². The quantitative estimate of drug-likeness (QED) is 0.726. The number of nitrogens with zero attached hydrogens (tertiary/aromatic N) is 1. The van der Waals surface area contributed by atoms with Crippen molar-refractivity contribution in [1.82, 2.24) is 4.98 Å². The van der Waals surface area contributed by atoms with Crippen molar-refractivity contribution in [2.75, 3.05) is 0 Å². The molecule has 2 N–H and O–H groups in total. The van der Waals surface area contributed by atoms with Gasteiger partial charge in [0, 0.05) is 0 Å². The molecule has 5 heteroatoms. The third kappa shape index (κ3) is 1.80. The topological polar surface area (TPSA) is 70.4 Å². The van der Waals surface area contributed by atoms with Gasteiger partial charge >= 0.3 is 5.97 Å². The fourth-order valence-corrected chi connectivity index (χ4v) is 1.41. The lowest BCUT2D eigenvalue weighted by Gasteiger charge is -2.11. The predicted octanol–water partition coefficient (Wildman–Crippen LogP) is 1.07. The SMILES string of the molecule is CC(C)(O)c1ncc(C(=O)O)s1. The minimum absolute atomic E-state index is 0.145. The summed E-state index contributed by atoms with van der Waals surface area (Å²) in [5.74, 6) is -1.01. The van der Waals surface area contributed by atoms with E-state index >= 15 is 0 Å². The summed E-state index contributed by atoms with van der Waals surface area (Å²) in [6, 6.07) is 0. The molecule has 0 atom stereocenters. The molecule has 0 aromatic carbocycles. The highest BCUT2D eigenvalue weighted by molar-refractivity contribution is 7.13. The first-order valence-electron chi connectivity index (χ1n) is 3.33. The number of aliphatic hydroxyl groups is 1. The van der Waals surface area contributed by atoms with Gasteiger partial charge in [-0.15, -0.1) is 11.3 Å². The van der Waals surface area contributed by atoms with Crippen LogP contribution in [0.5, 0.6) is 0 Å². The van der Waals surface area contributed by atoms with Crippen LogP contribution in [0.1, 0.15) is 28.5 Å². The van der Waals surface area contributed by atoms with Gasteiger partial charge in [-0.05, 0) is 13.8 Å². The van der Waals surface area contributed by atoms with Crippen LogP contribution in [0.2, 0.25) is 0 Å². The van der Waals surface area contributed by atoms with Gasteiger partial charge in [0.2, 0.25) is 0 Å². The smallest absolute Gasteiger partial charge is 0.347 e. The molecule has 1 aromatic rings. The van der Waals surface area contributed by atoms with Crippen LogP contribution in [0.15, 0.2) is 6.20 Å². The Morgan fingerprint density at radius 1 is 1.67 bits per heavy atom. The van der Waals surface area contributed by atoms with E-state index in [0.717, 1.165) is 11.3 Å². The minimum Gasteiger partial charge on any atom is -0.477 e. The Morgan fingerprint density at radius 2 is 2.25 bits per heavy atom. The Kier molecular flexibility index (Phi) is 2.16. The normalized spacial score (nSPS) is 11.6. The second-order valence-electron chi connectivity index (χ2n) is 2.89. The molecule has 0 spiro atoms. The van der Waals surface area contributed by atoms with Crippen molar-refractivity contribution in [3.8, 4) is 0 Å². The minimum atomic E-state index is -1.06. The molecule has 0 bridgehead atoms. The maximum atomic E-state index is 10.4. The highest BCUT2D eigenvalue weighted by Gasteiger charge is 2.21. The van der Waals surface area contributed by atoms with Gasteiger partial charge in [0.05, 0.1) is 6.20 Å². The molecule has 0 radical (unpaired) electrons. The van der Waals surface area contributed by atoms with Crippen molar-refractivity contribution in [1.29, 1.82) is 0 Å². The van der Waals surface area contributed by atoms with Crippen LogP contribution < -0.4 is 0 Å². The zero-order chi connectivity index (χ0) is 9.35. The number of aromatic carboxylic acids is 1. The molecular formula is C7H9NO3S. The number of hydrogen-bond donors (Lipinski definition) is 2. The molecule has 1 heterocycles. The van der Waals surface area contributed by atoms with E-state index in [-0.39, 0.29) is 4.88 Å². The van der Waals surface area contributed by atoms with Crippen molar-refractivity contribution in [2.24, 2.45) is 0 Å². The van der Waals surface area contributed by atoms with Crippen LogP contribution in [0.3, 0.4) is 0 Å². The number of aromatic nitrogens is 1. The molecule has 0 aliphatic rings. The van der Waals surface area contributed by atoms with Gasteiger partial charge in [-0.1, -0.05) is 0 Å². The summed E-state index contributed by atoms with van der Waals surface area (Å²) in [6.45, 7) is 3.13. The van der Waals surface area contributed by atoms with Crippen LogP contribution >= 0.6 is 11.3 Å². The van der Waals surface area contributed by atoms with E-state index < -0.39 is 11.6 Å². The lowest BCUT2D eigenvalue weighted by atomic mass is 10.2. The van der Waals surface area contributed by atoms with Crippen molar-refractivity contribution in [2.45, 2.75) is 19.4 Å². The second kappa shape index (κ2) is 2.84. The first kappa shape index (κ1) is 9.15. The molecular weight excluding hydrogens is 178 g/mol. The maximum Gasteiger partial charge on any atom is 0.347 e. The van der Waals surface area contributed by atoms with Crippen molar-refractivity contribution in [3.63, 3.8) is 0 Å². The highest BCUT2D eigenvalue weighted by Crippen LogP contribution is 2.24. The summed E-state index contributed by atoms with van der Waals surface area (Å²) in [4.78, 5) is 14.4. The maximum absolute atomic E-state index is 10.4. The Hall–Kier alpha value is -0.940. The number of hydrogen-bond acceptors (Lipinski definition) is 4. The summed E-state index contributed by atoms with van der Waals surface area (Å²) >= 11 is 0.987. The van der Waals surface area contributed by atoms with Crippen LogP contribution in [0.25, 0.3) is 0 Å². The third-order valence-corrected chi connectivity index (χ3v) is 2.54. The average Bonchev–Trinajstić information content (AvgIpc) is 2.30. The fourth-order valence-electron chi connectivity index (χ4n) is 0.656. The van der Waals surface area contributed by atoms with E-state index in [1.807, 2.05) is 0 Å². The Bertz CT molecular complexity index is 300. The number of rotatable bonds is 2. The predicted molar refractivity (Wildman–Crippen MR) is 44.3 cm³/mol. The third-order valence-electron chi connectivity index (χ3n) is 1.24. The van der Waals surface area contributed by atoms with Crippen LogP contribution in [-0.4, -0.2) is 21.2 Å². The van der Waals surface area contributed by atoms with Gasteiger partial charge in [-0.3, -0.25) is 0 Å². The summed E-state index contributed by atoms with van der Waals surface area (Å²) in [7, 11) is 0. The number of carbonyl (C=O) groups is 1. The van der Waals surface area contributed by atoms with Crippen LogP contribution in [0, 0.1) is 0 Å². The molecule has 0 saturated carbocycles. The van der Waals surface area contributed by atoms with Crippen LogP contribution in [-0.2, 0) is 5.60 Å². The fraction of sp³-hybridized carbons (Fsp3) is 0.429.